The zero-order chi connectivity index (χ0) is 13.9. The van der Waals surface area contributed by atoms with Crippen molar-refractivity contribution in [3.05, 3.63) is 47.9 Å². The summed E-state index contributed by atoms with van der Waals surface area (Å²) in [5, 5.41) is 0. The van der Waals surface area contributed by atoms with Crippen molar-refractivity contribution in [3.8, 4) is 11.3 Å². The summed E-state index contributed by atoms with van der Waals surface area (Å²) < 4.78 is 0. The number of aromatic nitrogens is 2. The molecule has 0 radical (unpaired) electrons. The molecule has 2 aromatic rings. The molecule has 104 valence electrons. The van der Waals surface area contributed by atoms with Gasteiger partial charge >= 0.3 is 0 Å². The molecule has 1 aromatic carbocycles. The van der Waals surface area contributed by atoms with E-state index in [4.69, 9.17) is 0 Å². The van der Waals surface area contributed by atoms with Gasteiger partial charge in [0.15, 0.2) is 0 Å². The van der Waals surface area contributed by atoms with Crippen LogP contribution in [0.1, 0.15) is 30.0 Å². The summed E-state index contributed by atoms with van der Waals surface area (Å²) in [6, 6.07) is 8.32. The van der Waals surface area contributed by atoms with Gasteiger partial charge in [0.25, 0.3) is 0 Å². The quantitative estimate of drug-likeness (QED) is 0.836. The van der Waals surface area contributed by atoms with Gasteiger partial charge in [-0.2, -0.15) is 0 Å². The van der Waals surface area contributed by atoms with Crippen molar-refractivity contribution < 1.29 is 0 Å². The fourth-order valence-corrected chi connectivity index (χ4v) is 2.96. The molecule has 1 aliphatic rings. The van der Waals surface area contributed by atoms with Gasteiger partial charge in [-0.05, 0) is 38.9 Å². The van der Waals surface area contributed by atoms with E-state index < -0.39 is 0 Å². The van der Waals surface area contributed by atoms with Gasteiger partial charge in [-0.1, -0.05) is 24.3 Å². The highest BCUT2D eigenvalue weighted by molar-refractivity contribution is 5.62. The molecule has 1 aromatic heterocycles. The van der Waals surface area contributed by atoms with E-state index in [9.17, 15) is 0 Å². The minimum Gasteiger partial charge on any atom is -0.306 e. The van der Waals surface area contributed by atoms with E-state index in [-0.39, 0.29) is 0 Å². The highest BCUT2D eigenvalue weighted by Crippen LogP contribution is 2.26. The molecule has 0 N–H and O–H groups in total. The van der Waals surface area contributed by atoms with Crippen LogP contribution in [-0.4, -0.2) is 35.0 Å². The standard InChI is InChI=1S/C17H21N3/c1-13-6-3-4-8-15(13)17-11-18-16(10-19-17)14-7-5-9-20(2)12-14/h3-4,6,8,10-11,14H,5,7,9,12H2,1-2H3/t14-/m0/s1. The summed E-state index contributed by atoms with van der Waals surface area (Å²) >= 11 is 0. The Hall–Kier alpha value is -1.74. The molecule has 3 rings (SSSR count). The Labute approximate surface area is 120 Å². The number of hydrogen-bond donors (Lipinski definition) is 0. The molecule has 3 heteroatoms. The fourth-order valence-electron chi connectivity index (χ4n) is 2.96. The monoisotopic (exact) mass is 267 g/mol. The molecule has 2 heterocycles. The van der Waals surface area contributed by atoms with Crippen molar-refractivity contribution >= 4 is 0 Å². The van der Waals surface area contributed by atoms with Gasteiger partial charge in [-0.15, -0.1) is 0 Å². The van der Waals surface area contributed by atoms with Crippen molar-refractivity contribution in [2.24, 2.45) is 0 Å². The van der Waals surface area contributed by atoms with Crippen molar-refractivity contribution in [1.82, 2.24) is 14.9 Å². The van der Waals surface area contributed by atoms with Crippen LogP contribution in [0, 0.1) is 6.92 Å². The van der Waals surface area contributed by atoms with E-state index in [0.29, 0.717) is 5.92 Å². The highest BCUT2D eigenvalue weighted by atomic mass is 15.1. The van der Waals surface area contributed by atoms with E-state index in [1.807, 2.05) is 18.5 Å². The molecule has 0 unspecified atom stereocenters. The zero-order valence-electron chi connectivity index (χ0n) is 12.2. The third-order valence-electron chi connectivity index (χ3n) is 4.14. The summed E-state index contributed by atoms with van der Waals surface area (Å²) in [5.74, 6) is 0.534. The average molecular weight is 267 g/mol. The van der Waals surface area contributed by atoms with Crippen LogP contribution in [0.3, 0.4) is 0 Å². The Kier molecular flexibility index (Phi) is 3.79. The molecule has 1 atom stereocenters. The number of benzene rings is 1. The Morgan fingerprint density at radius 3 is 2.70 bits per heavy atom. The lowest BCUT2D eigenvalue weighted by molar-refractivity contribution is 0.248. The number of hydrogen-bond acceptors (Lipinski definition) is 3. The van der Waals surface area contributed by atoms with Crippen molar-refractivity contribution in [2.45, 2.75) is 25.7 Å². The molecule has 20 heavy (non-hydrogen) atoms. The molecule has 1 aliphatic heterocycles. The first-order chi connectivity index (χ1) is 9.74. The predicted molar refractivity (Wildman–Crippen MR) is 81.7 cm³/mol. The number of nitrogens with zero attached hydrogens (tertiary/aromatic N) is 3. The number of piperidine rings is 1. The Morgan fingerprint density at radius 1 is 1.15 bits per heavy atom. The minimum atomic E-state index is 0.534. The number of likely N-dealkylation sites (N-methyl/N-ethyl adjacent to an activating group) is 1. The van der Waals surface area contributed by atoms with E-state index in [1.165, 1.54) is 30.5 Å². The summed E-state index contributed by atoms with van der Waals surface area (Å²) in [4.78, 5) is 11.7. The van der Waals surface area contributed by atoms with Crippen molar-refractivity contribution in [1.29, 1.82) is 0 Å². The maximum absolute atomic E-state index is 4.67. The first-order valence-electron chi connectivity index (χ1n) is 7.30. The normalized spacial score (nSPS) is 20.0. The van der Waals surface area contributed by atoms with Gasteiger partial charge in [0.2, 0.25) is 0 Å². The number of rotatable bonds is 2. The van der Waals surface area contributed by atoms with Gasteiger partial charge < -0.3 is 4.90 Å². The highest BCUT2D eigenvalue weighted by Gasteiger charge is 2.20. The maximum Gasteiger partial charge on any atom is 0.0888 e. The smallest absolute Gasteiger partial charge is 0.0888 e. The topological polar surface area (TPSA) is 29.0 Å². The Bertz CT molecular complexity index is 577. The van der Waals surface area contributed by atoms with Crippen LogP contribution in [0.4, 0.5) is 0 Å². The lowest BCUT2D eigenvalue weighted by atomic mass is 9.95. The van der Waals surface area contributed by atoms with Crippen LogP contribution in [0.25, 0.3) is 11.3 Å². The summed E-state index contributed by atoms with van der Waals surface area (Å²) in [7, 11) is 2.18. The zero-order valence-corrected chi connectivity index (χ0v) is 12.2. The van der Waals surface area contributed by atoms with Gasteiger partial charge in [-0.3, -0.25) is 9.97 Å². The lowest BCUT2D eigenvalue weighted by Gasteiger charge is -2.29. The molecule has 0 amide bonds. The second-order valence-corrected chi connectivity index (χ2v) is 5.74. The lowest BCUT2D eigenvalue weighted by Crippen LogP contribution is -2.31. The third-order valence-corrected chi connectivity index (χ3v) is 4.14. The van der Waals surface area contributed by atoms with E-state index in [0.717, 1.165) is 17.9 Å². The molecule has 0 bridgehead atoms. The van der Waals surface area contributed by atoms with Crippen molar-refractivity contribution in [2.75, 3.05) is 20.1 Å². The van der Waals surface area contributed by atoms with Gasteiger partial charge in [0, 0.05) is 24.2 Å². The Balaban J connectivity index is 1.83. The molecular formula is C17H21N3. The SMILES string of the molecule is Cc1ccccc1-c1cnc([C@H]2CCCN(C)C2)cn1. The van der Waals surface area contributed by atoms with E-state index in [1.54, 1.807) is 0 Å². The van der Waals surface area contributed by atoms with Crippen LogP contribution in [0.5, 0.6) is 0 Å². The van der Waals surface area contributed by atoms with E-state index >= 15 is 0 Å². The third kappa shape index (κ3) is 2.73. The summed E-state index contributed by atoms with van der Waals surface area (Å²) in [6.07, 6.45) is 6.36. The van der Waals surface area contributed by atoms with Gasteiger partial charge in [-0.25, -0.2) is 0 Å². The fraction of sp³-hybridized carbons (Fsp3) is 0.412. The molecule has 1 saturated heterocycles. The van der Waals surface area contributed by atoms with Crippen LogP contribution >= 0.6 is 0 Å². The predicted octanol–water partition coefficient (Wildman–Crippen LogP) is 3.26. The number of aryl methyl sites for hydroxylation is 1. The molecule has 0 spiro atoms. The van der Waals surface area contributed by atoms with Crippen LogP contribution in [-0.2, 0) is 0 Å². The van der Waals surface area contributed by atoms with Gasteiger partial charge in [0.05, 0.1) is 17.6 Å². The minimum absolute atomic E-state index is 0.534. The second kappa shape index (κ2) is 5.71. The van der Waals surface area contributed by atoms with E-state index in [2.05, 4.69) is 47.0 Å². The van der Waals surface area contributed by atoms with Crippen LogP contribution < -0.4 is 0 Å². The summed E-state index contributed by atoms with van der Waals surface area (Å²) in [6.45, 7) is 4.41. The molecule has 1 fully saturated rings. The maximum atomic E-state index is 4.67. The molecule has 3 nitrogen and oxygen atoms in total. The molecule has 0 saturated carbocycles. The van der Waals surface area contributed by atoms with Gasteiger partial charge in [0.1, 0.15) is 0 Å². The first-order valence-corrected chi connectivity index (χ1v) is 7.30. The molecule has 0 aliphatic carbocycles. The Morgan fingerprint density at radius 2 is 2.00 bits per heavy atom. The average Bonchev–Trinajstić information content (AvgIpc) is 2.48. The van der Waals surface area contributed by atoms with Crippen LogP contribution in [0.15, 0.2) is 36.7 Å². The largest absolute Gasteiger partial charge is 0.306 e. The molecular weight excluding hydrogens is 246 g/mol. The summed E-state index contributed by atoms with van der Waals surface area (Å²) in [5.41, 5.74) is 4.52. The second-order valence-electron chi connectivity index (χ2n) is 5.74. The van der Waals surface area contributed by atoms with Crippen LogP contribution in [0.2, 0.25) is 0 Å². The number of likely N-dealkylation sites (tertiary alicyclic amines) is 1. The first kappa shape index (κ1) is 13.3. The van der Waals surface area contributed by atoms with Crippen molar-refractivity contribution in [3.63, 3.8) is 0 Å².